The SMILES string of the molecule is CCNc1ccnc(CSc2ncc(C)cn2)c1. The highest BCUT2D eigenvalue weighted by atomic mass is 32.2. The van der Waals surface area contributed by atoms with Crippen molar-refractivity contribution < 1.29 is 0 Å². The van der Waals surface area contributed by atoms with Gasteiger partial charge in [-0.05, 0) is 31.5 Å². The minimum atomic E-state index is 0.780. The van der Waals surface area contributed by atoms with Crippen molar-refractivity contribution in [3.8, 4) is 0 Å². The van der Waals surface area contributed by atoms with Crippen molar-refractivity contribution in [1.29, 1.82) is 0 Å². The predicted molar refractivity (Wildman–Crippen MR) is 74.7 cm³/mol. The number of rotatable bonds is 5. The van der Waals surface area contributed by atoms with E-state index in [-0.39, 0.29) is 0 Å². The molecule has 0 unspecified atom stereocenters. The third-order valence-corrected chi connectivity index (χ3v) is 3.21. The highest BCUT2D eigenvalue weighted by Crippen LogP contribution is 2.19. The summed E-state index contributed by atoms with van der Waals surface area (Å²) < 4.78 is 0. The number of hydrogen-bond donors (Lipinski definition) is 1. The lowest BCUT2D eigenvalue weighted by Crippen LogP contribution is -1.98. The topological polar surface area (TPSA) is 50.7 Å². The summed E-state index contributed by atoms with van der Waals surface area (Å²) in [6, 6.07) is 4.03. The van der Waals surface area contributed by atoms with Crippen LogP contribution in [-0.4, -0.2) is 21.5 Å². The Morgan fingerprint density at radius 3 is 2.72 bits per heavy atom. The molecule has 0 fully saturated rings. The molecule has 2 aromatic rings. The van der Waals surface area contributed by atoms with Crippen LogP contribution < -0.4 is 5.32 Å². The van der Waals surface area contributed by atoms with E-state index in [1.54, 1.807) is 11.8 Å². The second-order valence-corrected chi connectivity index (χ2v) is 4.84. The van der Waals surface area contributed by atoms with E-state index in [1.807, 2.05) is 31.6 Å². The van der Waals surface area contributed by atoms with E-state index in [1.165, 1.54) is 0 Å². The standard InChI is InChI=1S/C13H16N4S/c1-3-14-11-4-5-15-12(6-11)9-18-13-16-7-10(2)8-17-13/h4-8H,3,9H2,1-2H3,(H,14,15). The van der Waals surface area contributed by atoms with Gasteiger partial charge in [0.05, 0.1) is 5.69 Å². The molecule has 0 bridgehead atoms. The Bertz CT molecular complexity index is 499. The molecule has 0 aliphatic rings. The van der Waals surface area contributed by atoms with E-state index in [9.17, 15) is 0 Å². The zero-order chi connectivity index (χ0) is 12.8. The van der Waals surface area contributed by atoms with Gasteiger partial charge in [-0.1, -0.05) is 11.8 Å². The van der Waals surface area contributed by atoms with Crippen LogP contribution in [0.25, 0.3) is 0 Å². The van der Waals surface area contributed by atoms with Crippen LogP contribution >= 0.6 is 11.8 Å². The molecule has 0 spiro atoms. The summed E-state index contributed by atoms with van der Waals surface area (Å²) in [4.78, 5) is 12.9. The van der Waals surface area contributed by atoms with Gasteiger partial charge in [0.15, 0.2) is 5.16 Å². The van der Waals surface area contributed by atoms with Crippen LogP contribution in [0.3, 0.4) is 0 Å². The molecule has 94 valence electrons. The molecule has 0 aliphatic heterocycles. The average molecular weight is 260 g/mol. The van der Waals surface area contributed by atoms with Crippen molar-refractivity contribution in [3.63, 3.8) is 0 Å². The lowest BCUT2D eigenvalue weighted by molar-refractivity contribution is 0.948. The molecule has 0 amide bonds. The Labute approximate surface area is 111 Å². The largest absolute Gasteiger partial charge is 0.385 e. The van der Waals surface area contributed by atoms with Gasteiger partial charge in [-0.15, -0.1) is 0 Å². The van der Waals surface area contributed by atoms with Crippen molar-refractivity contribution in [1.82, 2.24) is 15.0 Å². The average Bonchev–Trinajstić information content (AvgIpc) is 2.39. The normalized spacial score (nSPS) is 10.3. The van der Waals surface area contributed by atoms with E-state index >= 15 is 0 Å². The molecule has 4 nitrogen and oxygen atoms in total. The van der Waals surface area contributed by atoms with Gasteiger partial charge in [0.25, 0.3) is 0 Å². The van der Waals surface area contributed by atoms with E-state index in [4.69, 9.17) is 0 Å². The number of thioether (sulfide) groups is 1. The lowest BCUT2D eigenvalue weighted by Gasteiger charge is -2.05. The number of aromatic nitrogens is 3. The molecule has 2 rings (SSSR count). The first-order valence-corrected chi connectivity index (χ1v) is 6.86. The van der Waals surface area contributed by atoms with Crippen LogP contribution in [0.2, 0.25) is 0 Å². The zero-order valence-corrected chi connectivity index (χ0v) is 11.4. The smallest absolute Gasteiger partial charge is 0.187 e. The summed E-state index contributed by atoms with van der Waals surface area (Å²) >= 11 is 1.60. The molecule has 0 aromatic carbocycles. The monoisotopic (exact) mass is 260 g/mol. The molecule has 0 radical (unpaired) electrons. The van der Waals surface area contributed by atoms with Crippen LogP contribution in [0.15, 0.2) is 35.9 Å². The number of aryl methyl sites for hydroxylation is 1. The molecule has 0 saturated heterocycles. The maximum absolute atomic E-state index is 4.34. The minimum Gasteiger partial charge on any atom is -0.385 e. The highest BCUT2D eigenvalue weighted by Gasteiger charge is 2.01. The molecule has 0 saturated carbocycles. The van der Waals surface area contributed by atoms with Gasteiger partial charge < -0.3 is 5.32 Å². The molecule has 0 atom stereocenters. The van der Waals surface area contributed by atoms with Gasteiger partial charge in [-0.25, -0.2) is 9.97 Å². The third-order valence-electron chi connectivity index (χ3n) is 2.30. The first kappa shape index (κ1) is 12.8. The fraction of sp³-hybridized carbons (Fsp3) is 0.308. The fourth-order valence-corrected chi connectivity index (χ4v) is 2.15. The summed E-state index contributed by atoms with van der Waals surface area (Å²) in [7, 11) is 0. The van der Waals surface area contributed by atoms with Crippen LogP contribution in [-0.2, 0) is 5.75 Å². The van der Waals surface area contributed by atoms with Gasteiger partial charge >= 0.3 is 0 Å². The van der Waals surface area contributed by atoms with Crippen molar-refractivity contribution in [2.24, 2.45) is 0 Å². The van der Waals surface area contributed by atoms with Crippen LogP contribution in [0.5, 0.6) is 0 Å². The molecular weight excluding hydrogens is 244 g/mol. The Morgan fingerprint density at radius 1 is 1.22 bits per heavy atom. The van der Waals surface area contributed by atoms with Gasteiger partial charge in [0, 0.05) is 36.6 Å². The number of anilines is 1. The van der Waals surface area contributed by atoms with Crippen molar-refractivity contribution in [2.45, 2.75) is 24.8 Å². The van der Waals surface area contributed by atoms with E-state index in [0.717, 1.165) is 34.4 Å². The quantitative estimate of drug-likeness (QED) is 0.661. The molecular formula is C13H16N4S. The Hall–Kier alpha value is -1.62. The summed E-state index contributed by atoms with van der Waals surface area (Å²) in [5.41, 5.74) is 3.21. The van der Waals surface area contributed by atoms with Crippen LogP contribution in [0, 0.1) is 6.92 Å². The maximum Gasteiger partial charge on any atom is 0.187 e. The Balaban J connectivity index is 1.97. The first-order chi connectivity index (χ1) is 8.78. The number of hydrogen-bond acceptors (Lipinski definition) is 5. The molecule has 1 N–H and O–H groups in total. The predicted octanol–water partition coefficient (Wildman–Crippen LogP) is 2.90. The number of nitrogens with one attached hydrogen (secondary N) is 1. The molecule has 2 heterocycles. The van der Waals surface area contributed by atoms with Gasteiger partial charge in [0.1, 0.15) is 0 Å². The van der Waals surface area contributed by atoms with Gasteiger partial charge in [0.2, 0.25) is 0 Å². The van der Waals surface area contributed by atoms with Crippen molar-refractivity contribution in [2.75, 3.05) is 11.9 Å². The van der Waals surface area contributed by atoms with E-state index < -0.39 is 0 Å². The Morgan fingerprint density at radius 2 is 2.00 bits per heavy atom. The van der Waals surface area contributed by atoms with Gasteiger partial charge in [-0.2, -0.15) is 0 Å². The first-order valence-electron chi connectivity index (χ1n) is 5.88. The number of nitrogens with zero attached hydrogens (tertiary/aromatic N) is 3. The van der Waals surface area contributed by atoms with E-state index in [0.29, 0.717) is 0 Å². The second kappa shape index (κ2) is 6.35. The summed E-state index contributed by atoms with van der Waals surface area (Å²) in [5.74, 6) is 0.780. The van der Waals surface area contributed by atoms with Crippen molar-refractivity contribution in [3.05, 3.63) is 42.0 Å². The molecule has 5 heteroatoms. The lowest BCUT2D eigenvalue weighted by atomic mass is 10.3. The second-order valence-electron chi connectivity index (χ2n) is 3.90. The van der Waals surface area contributed by atoms with Crippen LogP contribution in [0.1, 0.15) is 18.2 Å². The maximum atomic E-state index is 4.34. The molecule has 0 aliphatic carbocycles. The van der Waals surface area contributed by atoms with Crippen LogP contribution in [0.4, 0.5) is 5.69 Å². The molecule has 2 aromatic heterocycles. The summed E-state index contributed by atoms with van der Waals surface area (Å²) in [6.45, 7) is 4.97. The van der Waals surface area contributed by atoms with Gasteiger partial charge in [-0.3, -0.25) is 4.98 Å². The van der Waals surface area contributed by atoms with E-state index in [2.05, 4.69) is 33.3 Å². The minimum absolute atomic E-state index is 0.780. The van der Waals surface area contributed by atoms with Crippen molar-refractivity contribution >= 4 is 17.4 Å². The molecule has 18 heavy (non-hydrogen) atoms. The summed E-state index contributed by atoms with van der Waals surface area (Å²) in [5, 5.41) is 4.06. The number of pyridine rings is 1. The highest BCUT2D eigenvalue weighted by molar-refractivity contribution is 7.98. The zero-order valence-electron chi connectivity index (χ0n) is 10.6. The third kappa shape index (κ3) is 3.70. The Kier molecular flexibility index (Phi) is 4.52. The fourth-order valence-electron chi connectivity index (χ4n) is 1.46. The summed E-state index contributed by atoms with van der Waals surface area (Å²) in [6.07, 6.45) is 5.49.